The van der Waals surface area contributed by atoms with Crippen LogP contribution in [0.3, 0.4) is 0 Å². The van der Waals surface area contributed by atoms with Gasteiger partial charge in [0.2, 0.25) is 0 Å². The Labute approximate surface area is 178 Å². The smallest absolute Gasteiger partial charge is 0.396 e. The molecular weight excluding hydrogens is 403 g/mol. The monoisotopic (exact) mass is 424 g/mol. The molecule has 0 radical (unpaired) electrons. The number of ether oxygens (including phenoxy) is 2. The minimum atomic E-state index is -1.13. The molecule has 0 aliphatic carbocycles. The van der Waals surface area contributed by atoms with Gasteiger partial charge in [0.15, 0.2) is 5.69 Å². The summed E-state index contributed by atoms with van der Waals surface area (Å²) in [5, 5.41) is 2.44. The summed E-state index contributed by atoms with van der Waals surface area (Å²) in [6.07, 6.45) is 1.61. The Kier molecular flexibility index (Phi) is 6.81. The van der Waals surface area contributed by atoms with E-state index in [9.17, 15) is 18.8 Å². The van der Waals surface area contributed by atoms with Crippen LogP contribution in [-0.2, 0) is 25.6 Å². The molecular formula is C23H21FN2O5. The van der Waals surface area contributed by atoms with Gasteiger partial charge in [-0.1, -0.05) is 42.5 Å². The van der Waals surface area contributed by atoms with Gasteiger partial charge >= 0.3 is 17.8 Å². The van der Waals surface area contributed by atoms with Crippen molar-refractivity contribution in [3.8, 4) is 11.1 Å². The van der Waals surface area contributed by atoms with Crippen molar-refractivity contribution >= 4 is 23.5 Å². The number of halogens is 1. The van der Waals surface area contributed by atoms with Crippen LogP contribution in [0, 0.1) is 5.82 Å². The first-order chi connectivity index (χ1) is 14.9. The second kappa shape index (κ2) is 9.71. The molecule has 0 fully saturated rings. The summed E-state index contributed by atoms with van der Waals surface area (Å²) >= 11 is 0. The van der Waals surface area contributed by atoms with Crippen molar-refractivity contribution < 1.29 is 28.2 Å². The summed E-state index contributed by atoms with van der Waals surface area (Å²) in [6.45, 7) is 2.04. The molecule has 0 unspecified atom stereocenters. The van der Waals surface area contributed by atoms with E-state index in [1.54, 1.807) is 23.8 Å². The van der Waals surface area contributed by atoms with Gasteiger partial charge in [0.05, 0.1) is 19.4 Å². The van der Waals surface area contributed by atoms with Crippen LogP contribution in [-0.4, -0.2) is 36.1 Å². The van der Waals surface area contributed by atoms with Gasteiger partial charge in [0.25, 0.3) is 0 Å². The summed E-state index contributed by atoms with van der Waals surface area (Å²) in [5.41, 5.74) is 1.73. The van der Waals surface area contributed by atoms with Crippen LogP contribution in [0.4, 0.5) is 10.1 Å². The Hall–Kier alpha value is -3.94. The predicted molar refractivity (Wildman–Crippen MR) is 112 cm³/mol. The third-order valence-electron chi connectivity index (χ3n) is 4.49. The molecule has 7 nitrogen and oxygen atoms in total. The van der Waals surface area contributed by atoms with Crippen molar-refractivity contribution in [3.63, 3.8) is 0 Å². The molecule has 160 valence electrons. The van der Waals surface area contributed by atoms with Crippen LogP contribution in [0.5, 0.6) is 0 Å². The number of nitrogens with zero attached hydrogens (tertiary/aromatic N) is 1. The van der Waals surface area contributed by atoms with E-state index in [0.717, 1.165) is 12.7 Å². The molecule has 1 aromatic heterocycles. The van der Waals surface area contributed by atoms with Crippen molar-refractivity contribution in [2.24, 2.45) is 0 Å². The van der Waals surface area contributed by atoms with Crippen LogP contribution in [0.2, 0.25) is 0 Å². The Morgan fingerprint density at radius 3 is 2.45 bits per heavy atom. The molecule has 1 heterocycles. The van der Waals surface area contributed by atoms with E-state index in [2.05, 4.69) is 10.1 Å². The molecule has 2 aromatic carbocycles. The number of methoxy groups -OCH3 is 1. The summed E-state index contributed by atoms with van der Waals surface area (Å²) < 4.78 is 25.2. The molecule has 3 aromatic rings. The Morgan fingerprint density at radius 1 is 1.06 bits per heavy atom. The lowest BCUT2D eigenvalue weighted by Crippen LogP contribution is -2.25. The van der Waals surface area contributed by atoms with Crippen molar-refractivity contribution in [3.05, 3.63) is 77.9 Å². The van der Waals surface area contributed by atoms with Gasteiger partial charge < -0.3 is 19.4 Å². The third-order valence-corrected chi connectivity index (χ3v) is 4.49. The van der Waals surface area contributed by atoms with Gasteiger partial charge in [-0.3, -0.25) is 4.79 Å². The highest BCUT2D eigenvalue weighted by Crippen LogP contribution is 2.35. The molecule has 0 aliphatic rings. The number of amides is 1. The number of carbonyl (C=O) groups is 3. The average molecular weight is 424 g/mol. The van der Waals surface area contributed by atoms with Crippen LogP contribution >= 0.6 is 0 Å². The molecule has 0 bridgehead atoms. The first kappa shape index (κ1) is 21.8. The average Bonchev–Trinajstić information content (AvgIpc) is 3.11. The highest BCUT2D eigenvalue weighted by atomic mass is 19.1. The van der Waals surface area contributed by atoms with Crippen LogP contribution < -0.4 is 5.32 Å². The number of carbonyl (C=O) groups excluding carboxylic acids is 3. The summed E-state index contributed by atoms with van der Waals surface area (Å²) in [5.74, 6) is -3.38. The van der Waals surface area contributed by atoms with E-state index in [0.29, 0.717) is 11.1 Å². The first-order valence-corrected chi connectivity index (χ1v) is 9.54. The summed E-state index contributed by atoms with van der Waals surface area (Å²) in [6, 6.07) is 15.0. The molecule has 3 rings (SSSR count). The van der Waals surface area contributed by atoms with Gasteiger partial charge in [-0.2, -0.15) is 0 Å². The SMILES string of the molecule is CCOC(=O)c1c(NC(=O)C(=O)OC)c(-c2cccc(F)c2)cn1Cc1ccccc1. The van der Waals surface area contributed by atoms with Gasteiger partial charge in [-0.15, -0.1) is 0 Å². The fraction of sp³-hybridized carbons (Fsp3) is 0.174. The van der Waals surface area contributed by atoms with Crippen LogP contribution in [0.25, 0.3) is 11.1 Å². The van der Waals surface area contributed by atoms with E-state index in [1.807, 2.05) is 30.3 Å². The normalized spacial score (nSPS) is 10.4. The lowest BCUT2D eigenvalue weighted by Gasteiger charge is -2.12. The topological polar surface area (TPSA) is 86.6 Å². The molecule has 1 amide bonds. The van der Waals surface area contributed by atoms with Gasteiger partial charge in [-0.25, -0.2) is 14.0 Å². The highest BCUT2D eigenvalue weighted by molar-refractivity contribution is 6.38. The van der Waals surface area contributed by atoms with E-state index in [1.165, 1.54) is 18.2 Å². The lowest BCUT2D eigenvalue weighted by atomic mass is 10.1. The quantitative estimate of drug-likeness (QED) is 0.482. The van der Waals surface area contributed by atoms with Crippen molar-refractivity contribution in [1.29, 1.82) is 0 Å². The number of nitrogens with one attached hydrogen (secondary N) is 1. The van der Waals surface area contributed by atoms with E-state index >= 15 is 0 Å². The molecule has 8 heteroatoms. The fourth-order valence-electron chi connectivity index (χ4n) is 3.14. The number of hydrogen-bond donors (Lipinski definition) is 1. The molecule has 1 N–H and O–H groups in total. The number of rotatable bonds is 6. The van der Waals surface area contributed by atoms with Crippen LogP contribution in [0.15, 0.2) is 60.8 Å². The number of anilines is 1. The maximum atomic E-state index is 13.9. The van der Waals surface area contributed by atoms with Gasteiger partial charge in [0, 0.05) is 18.3 Å². The Morgan fingerprint density at radius 2 is 1.81 bits per heavy atom. The Balaban J connectivity index is 2.20. The molecule has 0 aliphatic heterocycles. The zero-order valence-corrected chi connectivity index (χ0v) is 17.1. The second-order valence-electron chi connectivity index (χ2n) is 6.56. The second-order valence-corrected chi connectivity index (χ2v) is 6.56. The van der Waals surface area contributed by atoms with Gasteiger partial charge in [-0.05, 0) is 30.2 Å². The van der Waals surface area contributed by atoms with Gasteiger partial charge in [0.1, 0.15) is 5.82 Å². The number of benzene rings is 2. The highest BCUT2D eigenvalue weighted by Gasteiger charge is 2.27. The van der Waals surface area contributed by atoms with Crippen molar-refractivity contribution in [2.45, 2.75) is 13.5 Å². The minimum Gasteiger partial charge on any atom is -0.462 e. The van der Waals surface area contributed by atoms with Crippen molar-refractivity contribution in [1.82, 2.24) is 4.57 Å². The van der Waals surface area contributed by atoms with Crippen molar-refractivity contribution in [2.75, 3.05) is 19.0 Å². The molecule has 0 spiro atoms. The van der Waals surface area contributed by atoms with E-state index < -0.39 is 23.7 Å². The predicted octanol–water partition coefficient (Wildman–Crippen LogP) is 3.63. The maximum Gasteiger partial charge on any atom is 0.396 e. The zero-order valence-electron chi connectivity index (χ0n) is 17.1. The molecule has 0 atom stereocenters. The minimum absolute atomic E-state index is 0.0298. The number of hydrogen-bond acceptors (Lipinski definition) is 5. The number of aromatic nitrogens is 1. The lowest BCUT2D eigenvalue weighted by molar-refractivity contribution is -0.150. The maximum absolute atomic E-state index is 13.9. The third kappa shape index (κ3) is 4.98. The Bertz CT molecular complexity index is 1110. The van der Waals surface area contributed by atoms with E-state index in [4.69, 9.17) is 4.74 Å². The fourth-order valence-corrected chi connectivity index (χ4v) is 3.14. The molecule has 0 saturated heterocycles. The standard InChI is InChI=1S/C23H21FN2O5/c1-3-31-22(28)20-19(25-21(27)23(29)30-2)18(16-10-7-11-17(24)12-16)14-26(20)13-15-8-5-4-6-9-15/h4-12,14H,3,13H2,1-2H3,(H,25,27). The summed E-state index contributed by atoms with van der Waals surface area (Å²) in [7, 11) is 1.07. The van der Waals surface area contributed by atoms with E-state index in [-0.39, 0.29) is 24.5 Å². The van der Waals surface area contributed by atoms with Crippen LogP contribution in [0.1, 0.15) is 23.0 Å². The first-order valence-electron chi connectivity index (χ1n) is 9.54. The summed E-state index contributed by atoms with van der Waals surface area (Å²) in [4.78, 5) is 36.8. The molecule has 31 heavy (non-hydrogen) atoms. The largest absolute Gasteiger partial charge is 0.462 e. The zero-order chi connectivity index (χ0) is 22.4. The molecule has 0 saturated carbocycles. The number of esters is 2.